The number of nitrogens with zero attached hydrogens (tertiary/aromatic N) is 1. The van der Waals surface area contributed by atoms with E-state index in [9.17, 15) is 4.79 Å². The molecule has 1 atom stereocenters. The highest BCUT2D eigenvalue weighted by Gasteiger charge is 2.03. The van der Waals surface area contributed by atoms with Crippen LogP contribution in [0.5, 0.6) is 0 Å². The maximum absolute atomic E-state index is 11.6. The summed E-state index contributed by atoms with van der Waals surface area (Å²) in [5.74, 6) is 0.113. The molecule has 0 saturated carbocycles. The van der Waals surface area contributed by atoms with Gasteiger partial charge in [-0.25, -0.2) is 0 Å². The van der Waals surface area contributed by atoms with Gasteiger partial charge in [-0.3, -0.25) is 4.79 Å². The number of anilines is 1. The number of amides is 1. The van der Waals surface area contributed by atoms with Crippen molar-refractivity contribution in [3.63, 3.8) is 0 Å². The summed E-state index contributed by atoms with van der Waals surface area (Å²) in [7, 11) is 2.03. The molecule has 0 aliphatic carbocycles. The number of nitrogens with one attached hydrogen (secondary N) is 1. The summed E-state index contributed by atoms with van der Waals surface area (Å²) in [5.41, 5.74) is 6.81. The third kappa shape index (κ3) is 6.82. The first-order chi connectivity index (χ1) is 9.09. The zero-order chi connectivity index (χ0) is 14.1. The summed E-state index contributed by atoms with van der Waals surface area (Å²) in [6.07, 6.45) is 2.33. The number of carbonyl (C=O) groups excluding carboxylic acids is 1. The maximum Gasteiger partial charge on any atom is 0.220 e. The molecule has 1 rings (SSSR count). The predicted molar refractivity (Wildman–Crippen MR) is 80.2 cm³/mol. The molecule has 0 saturated heterocycles. The van der Waals surface area contributed by atoms with Crippen molar-refractivity contribution in [3.05, 3.63) is 30.3 Å². The highest BCUT2D eigenvalue weighted by Crippen LogP contribution is 2.09. The van der Waals surface area contributed by atoms with Crippen LogP contribution in [0.3, 0.4) is 0 Å². The summed E-state index contributed by atoms with van der Waals surface area (Å²) < 4.78 is 0. The Kier molecular flexibility index (Phi) is 6.97. The van der Waals surface area contributed by atoms with Crippen molar-refractivity contribution in [2.75, 3.05) is 25.0 Å². The summed E-state index contributed by atoms with van der Waals surface area (Å²) >= 11 is 0. The van der Waals surface area contributed by atoms with Gasteiger partial charge in [0.2, 0.25) is 5.91 Å². The van der Waals surface area contributed by atoms with Gasteiger partial charge in [-0.1, -0.05) is 18.2 Å². The van der Waals surface area contributed by atoms with Crippen LogP contribution in [0.2, 0.25) is 0 Å². The van der Waals surface area contributed by atoms with Crippen LogP contribution in [0.4, 0.5) is 5.69 Å². The van der Waals surface area contributed by atoms with Crippen molar-refractivity contribution in [2.45, 2.75) is 32.2 Å². The number of carbonyl (C=O) groups is 1. The third-order valence-corrected chi connectivity index (χ3v) is 3.03. The minimum atomic E-state index is 0.113. The number of hydrogen-bond acceptors (Lipinski definition) is 3. The van der Waals surface area contributed by atoms with Gasteiger partial charge < -0.3 is 16.0 Å². The molecule has 1 aromatic carbocycles. The van der Waals surface area contributed by atoms with Crippen LogP contribution in [0.15, 0.2) is 30.3 Å². The van der Waals surface area contributed by atoms with Gasteiger partial charge in [0, 0.05) is 38.3 Å². The molecular formula is C15H25N3O. The summed E-state index contributed by atoms with van der Waals surface area (Å²) in [4.78, 5) is 13.7. The van der Waals surface area contributed by atoms with Gasteiger partial charge >= 0.3 is 0 Å². The molecule has 4 nitrogen and oxygen atoms in total. The van der Waals surface area contributed by atoms with E-state index < -0.39 is 0 Å². The van der Waals surface area contributed by atoms with Gasteiger partial charge in [0.15, 0.2) is 0 Å². The van der Waals surface area contributed by atoms with Crippen LogP contribution in [-0.2, 0) is 4.79 Å². The molecule has 0 spiro atoms. The Morgan fingerprint density at radius 1 is 1.37 bits per heavy atom. The van der Waals surface area contributed by atoms with Gasteiger partial charge in [0.1, 0.15) is 0 Å². The SMILES string of the molecule is CC(N)CCCC(=O)NCCN(C)c1ccccc1. The first-order valence-corrected chi connectivity index (χ1v) is 6.88. The number of para-hydroxylation sites is 1. The molecule has 0 fully saturated rings. The zero-order valence-electron chi connectivity index (χ0n) is 11.9. The quantitative estimate of drug-likeness (QED) is 0.751. The predicted octanol–water partition coefficient (Wildman–Crippen LogP) is 1.76. The van der Waals surface area contributed by atoms with Crippen molar-refractivity contribution < 1.29 is 4.79 Å². The molecule has 106 valence electrons. The molecule has 0 bridgehead atoms. The van der Waals surface area contributed by atoms with E-state index in [4.69, 9.17) is 5.73 Å². The first-order valence-electron chi connectivity index (χ1n) is 6.88. The Hall–Kier alpha value is -1.55. The van der Waals surface area contributed by atoms with Crippen molar-refractivity contribution in [1.29, 1.82) is 0 Å². The third-order valence-electron chi connectivity index (χ3n) is 3.03. The average molecular weight is 263 g/mol. The topological polar surface area (TPSA) is 58.4 Å². The Morgan fingerprint density at radius 2 is 2.05 bits per heavy atom. The van der Waals surface area contributed by atoms with Crippen LogP contribution >= 0.6 is 0 Å². The summed E-state index contributed by atoms with van der Waals surface area (Å²) in [6.45, 7) is 3.44. The highest BCUT2D eigenvalue weighted by molar-refractivity contribution is 5.75. The maximum atomic E-state index is 11.6. The van der Waals surface area contributed by atoms with Crippen molar-refractivity contribution >= 4 is 11.6 Å². The van der Waals surface area contributed by atoms with Crippen molar-refractivity contribution in [1.82, 2.24) is 5.32 Å². The smallest absolute Gasteiger partial charge is 0.220 e. The van der Waals surface area contributed by atoms with Crippen LogP contribution in [0, 0.1) is 0 Å². The Labute approximate surface area is 116 Å². The molecule has 19 heavy (non-hydrogen) atoms. The standard InChI is InChI=1S/C15H25N3O/c1-13(16)7-6-10-15(19)17-11-12-18(2)14-8-4-3-5-9-14/h3-5,8-9,13H,6-7,10-12,16H2,1-2H3,(H,17,19). The Morgan fingerprint density at radius 3 is 2.68 bits per heavy atom. The van der Waals surface area contributed by atoms with Crippen LogP contribution < -0.4 is 16.0 Å². The number of hydrogen-bond donors (Lipinski definition) is 2. The van der Waals surface area contributed by atoms with E-state index in [1.807, 2.05) is 32.2 Å². The molecule has 0 aromatic heterocycles. The molecule has 0 radical (unpaired) electrons. The lowest BCUT2D eigenvalue weighted by Gasteiger charge is -2.19. The number of rotatable bonds is 8. The van der Waals surface area contributed by atoms with Crippen LogP contribution in [-0.4, -0.2) is 32.1 Å². The number of benzene rings is 1. The second-order valence-electron chi connectivity index (χ2n) is 4.98. The lowest BCUT2D eigenvalue weighted by molar-refractivity contribution is -0.121. The van der Waals surface area contributed by atoms with Gasteiger partial charge in [-0.2, -0.15) is 0 Å². The molecule has 1 amide bonds. The van der Waals surface area contributed by atoms with E-state index in [-0.39, 0.29) is 11.9 Å². The molecule has 3 N–H and O–H groups in total. The van der Waals surface area contributed by atoms with E-state index in [0.717, 1.165) is 25.1 Å². The lowest BCUT2D eigenvalue weighted by atomic mass is 10.1. The van der Waals surface area contributed by atoms with Crippen molar-refractivity contribution in [3.8, 4) is 0 Å². The second kappa shape index (κ2) is 8.53. The molecule has 1 unspecified atom stereocenters. The fourth-order valence-corrected chi connectivity index (χ4v) is 1.85. The number of likely N-dealkylation sites (N-methyl/N-ethyl adjacent to an activating group) is 1. The van der Waals surface area contributed by atoms with Crippen LogP contribution in [0.1, 0.15) is 26.2 Å². The minimum absolute atomic E-state index is 0.113. The van der Waals surface area contributed by atoms with Gasteiger partial charge in [0.25, 0.3) is 0 Å². The monoisotopic (exact) mass is 263 g/mol. The molecule has 0 aliphatic heterocycles. The van der Waals surface area contributed by atoms with E-state index >= 15 is 0 Å². The number of nitrogens with two attached hydrogens (primary N) is 1. The molecule has 1 aromatic rings. The van der Waals surface area contributed by atoms with E-state index in [2.05, 4.69) is 22.3 Å². The normalized spacial score (nSPS) is 11.9. The summed E-state index contributed by atoms with van der Waals surface area (Å²) in [5, 5.41) is 2.94. The van der Waals surface area contributed by atoms with E-state index in [0.29, 0.717) is 13.0 Å². The van der Waals surface area contributed by atoms with E-state index in [1.54, 1.807) is 0 Å². The molecule has 0 aliphatic rings. The molecule has 0 heterocycles. The average Bonchev–Trinajstić information content (AvgIpc) is 2.39. The fourth-order valence-electron chi connectivity index (χ4n) is 1.85. The van der Waals surface area contributed by atoms with Crippen LogP contribution in [0.25, 0.3) is 0 Å². The first kappa shape index (κ1) is 15.5. The Bertz CT molecular complexity index is 365. The minimum Gasteiger partial charge on any atom is -0.373 e. The molecule has 4 heteroatoms. The highest BCUT2D eigenvalue weighted by atomic mass is 16.1. The van der Waals surface area contributed by atoms with Crippen molar-refractivity contribution in [2.24, 2.45) is 5.73 Å². The van der Waals surface area contributed by atoms with E-state index in [1.165, 1.54) is 0 Å². The largest absolute Gasteiger partial charge is 0.373 e. The van der Waals surface area contributed by atoms with Gasteiger partial charge in [0.05, 0.1) is 0 Å². The zero-order valence-corrected chi connectivity index (χ0v) is 11.9. The lowest BCUT2D eigenvalue weighted by Crippen LogP contribution is -2.33. The fraction of sp³-hybridized carbons (Fsp3) is 0.533. The second-order valence-corrected chi connectivity index (χ2v) is 4.98. The molecular weight excluding hydrogens is 238 g/mol. The van der Waals surface area contributed by atoms with Gasteiger partial charge in [-0.15, -0.1) is 0 Å². The van der Waals surface area contributed by atoms with Gasteiger partial charge in [-0.05, 0) is 31.9 Å². The summed E-state index contributed by atoms with van der Waals surface area (Å²) in [6, 6.07) is 10.3. The Balaban J connectivity index is 2.14.